The van der Waals surface area contributed by atoms with Gasteiger partial charge in [-0.2, -0.15) is 0 Å². The van der Waals surface area contributed by atoms with Gasteiger partial charge in [-0.25, -0.2) is 9.97 Å². The Labute approximate surface area is 107 Å². The van der Waals surface area contributed by atoms with Crippen LogP contribution in [0.5, 0.6) is 0 Å². The van der Waals surface area contributed by atoms with Gasteiger partial charge in [0.05, 0.1) is 6.61 Å². The Morgan fingerprint density at radius 1 is 1.47 bits per heavy atom. The maximum absolute atomic E-state index is 5.88. The molecule has 1 fully saturated rings. The summed E-state index contributed by atoms with van der Waals surface area (Å²) in [5.41, 5.74) is 0. The van der Waals surface area contributed by atoms with Gasteiger partial charge in [-0.05, 0) is 12.8 Å². The van der Waals surface area contributed by atoms with E-state index in [1.807, 2.05) is 13.0 Å². The van der Waals surface area contributed by atoms with Gasteiger partial charge < -0.3 is 9.64 Å². The molecule has 94 valence electrons. The molecule has 1 saturated heterocycles. The highest BCUT2D eigenvalue weighted by Crippen LogP contribution is 2.27. The first-order chi connectivity index (χ1) is 8.20. The first-order valence-electron chi connectivity index (χ1n) is 6.01. The molecule has 1 aromatic rings. The lowest BCUT2D eigenvalue weighted by Crippen LogP contribution is -2.22. The van der Waals surface area contributed by atoms with E-state index < -0.39 is 0 Å². The Balaban J connectivity index is 2.00. The van der Waals surface area contributed by atoms with E-state index in [-0.39, 0.29) is 0 Å². The number of nitrogens with zero attached hydrogens (tertiary/aromatic N) is 3. The number of rotatable bonds is 4. The van der Waals surface area contributed by atoms with Crippen molar-refractivity contribution in [2.45, 2.75) is 13.8 Å². The largest absolute Gasteiger partial charge is 0.381 e. The van der Waals surface area contributed by atoms with E-state index in [1.165, 1.54) is 6.33 Å². The van der Waals surface area contributed by atoms with Crippen LogP contribution in [0.25, 0.3) is 0 Å². The second kappa shape index (κ2) is 5.65. The molecule has 1 aliphatic rings. The number of halogens is 1. The lowest BCUT2D eigenvalue weighted by atomic mass is 9.99. The minimum Gasteiger partial charge on any atom is -0.381 e. The second-order valence-corrected chi connectivity index (χ2v) is 4.89. The van der Waals surface area contributed by atoms with Crippen molar-refractivity contribution in [2.24, 2.45) is 11.8 Å². The molecule has 1 aliphatic heterocycles. The van der Waals surface area contributed by atoms with Crippen molar-refractivity contribution >= 4 is 17.4 Å². The summed E-state index contributed by atoms with van der Waals surface area (Å²) in [6, 6.07) is 1.82. The van der Waals surface area contributed by atoms with Crippen molar-refractivity contribution in [3.8, 4) is 0 Å². The molecule has 0 aromatic carbocycles. The molecule has 2 heterocycles. The molecule has 0 saturated carbocycles. The summed E-state index contributed by atoms with van der Waals surface area (Å²) >= 11 is 5.88. The van der Waals surface area contributed by atoms with Crippen molar-refractivity contribution in [1.82, 2.24) is 9.97 Å². The molecule has 0 aliphatic carbocycles. The highest BCUT2D eigenvalue weighted by atomic mass is 35.5. The molecular formula is C12H18ClN3O. The quantitative estimate of drug-likeness (QED) is 0.774. The number of ether oxygens (including phenoxy) is 1. The van der Waals surface area contributed by atoms with Gasteiger partial charge in [0.15, 0.2) is 0 Å². The van der Waals surface area contributed by atoms with Crippen molar-refractivity contribution in [3.63, 3.8) is 0 Å². The van der Waals surface area contributed by atoms with Crippen molar-refractivity contribution in [2.75, 3.05) is 31.2 Å². The van der Waals surface area contributed by atoms with E-state index in [9.17, 15) is 0 Å². The van der Waals surface area contributed by atoms with E-state index in [0.717, 1.165) is 32.1 Å². The summed E-state index contributed by atoms with van der Waals surface area (Å²) in [5, 5.41) is 0.496. The predicted octanol–water partition coefficient (Wildman–Crippen LogP) is 2.24. The first-order valence-corrected chi connectivity index (χ1v) is 6.38. The molecule has 0 N–H and O–H groups in total. The lowest BCUT2D eigenvalue weighted by molar-refractivity contribution is 0.104. The molecule has 17 heavy (non-hydrogen) atoms. The van der Waals surface area contributed by atoms with Crippen LogP contribution in [0.15, 0.2) is 12.4 Å². The number of aromatic nitrogens is 2. The fourth-order valence-electron chi connectivity index (χ4n) is 2.20. The second-order valence-electron chi connectivity index (χ2n) is 4.50. The SMILES string of the molecule is CCOCC1CN(c2cc(Cl)ncn2)CC1C. The van der Waals surface area contributed by atoms with Crippen LogP contribution in [0.4, 0.5) is 5.82 Å². The Morgan fingerprint density at radius 3 is 3.00 bits per heavy atom. The van der Waals surface area contributed by atoms with Crippen molar-refractivity contribution in [3.05, 3.63) is 17.5 Å². The molecule has 4 nitrogen and oxygen atoms in total. The van der Waals surface area contributed by atoms with Gasteiger partial charge in [0.25, 0.3) is 0 Å². The third-order valence-electron chi connectivity index (χ3n) is 3.25. The normalized spacial score (nSPS) is 24.3. The van der Waals surface area contributed by atoms with E-state index in [0.29, 0.717) is 17.0 Å². The maximum atomic E-state index is 5.88. The Bertz CT molecular complexity index is 375. The zero-order valence-corrected chi connectivity index (χ0v) is 11.0. The molecule has 2 rings (SSSR count). The third-order valence-corrected chi connectivity index (χ3v) is 3.45. The Morgan fingerprint density at radius 2 is 2.29 bits per heavy atom. The third kappa shape index (κ3) is 3.07. The Kier molecular flexibility index (Phi) is 4.18. The van der Waals surface area contributed by atoms with Crippen LogP contribution in [-0.4, -0.2) is 36.3 Å². The smallest absolute Gasteiger partial charge is 0.134 e. The lowest BCUT2D eigenvalue weighted by Gasteiger charge is -2.17. The van der Waals surface area contributed by atoms with E-state index >= 15 is 0 Å². The summed E-state index contributed by atoms with van der Waals surface area (Å²) < 4.78 is 5.51. The van der Waals surface area contributed by atoms with Crippen LogP contribution in [0.1, 0.15) is 13.8 Å². The molecule has 0 bridgehead atoms. The van der Waals surface area contributed by atoms with Gasteiger partial charge in [0.2, 0.25) is 0 Å². The summed E-state index contributed by atoms with van der Waals surface area (Å²) in [5.74, 6) is 2.11. The number of hydrogen-bond donors (Lipinski definition) is 0. The van der Waals surface area contributed by atoms with Crippen molar-refractivity contribution < 1.29 is 4.74 Å². The highest BCUT2D eigenvalue weighted by Gasteiger charge is 2.30. The molecule has 2 unspecified atom stereocenters. The number of hydrogen-bond acceptors (Lipinski definition) is 4. The first kappa shape index (κ1) is 12.6. The van der Waals surface area contributed by atoms with Gasteiger partial charge in [0, 0.05) is 31.7 Å². The van der Waals surface area contributed by atoms with E-state index in [2.05, 4.69) is 21.8 Å². The fraction of sp³-hybridized carbons (Fsp3) is 0.667. The van der Waals surface area contributed by atoms with Gasteiger partial charge in [-0.15, -0.1) is 0 Å². The van der Waals surface area contributed by atoms with Crippen LogP contribution in [-0.2, 0) is 4.74 Å². The van der Waals surface area contributed by atoms with Crippen LogP contribution in [0.3, 0.4) is 0 Å². The fourth-order valence-corrected chi connectivity index (χ4v) is 2.35. The molecule has 5 heteroatoms. The standard InChI is InChI=1S/C12H18ClN3O/c1-3-17-7-10-6-16(5-9(10)2)12-4-11(13)14-8-15-12/h4,8-10H,3,5-7H2,1-2H3. The minimum absolute atomic E-state index is 0.496. The van der Waals surface area contributed by atoms with Gasteiger partial charge in [-0.1, -0.05) is 18.5 Å². The predicted molar refractivity (Wildman–Crippen MR) is 68.4 cm³/mol. The topological polar surface area (TPSA) is 38.2 Å². The molecular weight excluding hydrogens is 238 g/mol. The molecule has 0 amide bonds. The minimum atomic E-state index is 0.496. The summed E-state index contributed by atoms with van der Waals surface area (Å²) in [6.07, 6.45) is 1.51. The molecule has 0 radical (unpaired) electrons. The zero-order chi connectivity index (χ0) is 12.3. The van der Waals surface area contributed by atoms with Gasteiger partial charge in [0.1, 0.15) is 17.3 Å². The monoisotopic (exact) mass is 255 g/mol. The summed E-state index contributed by atoms with van der Waals surface area (Å²) in [7, 11) is 0. The highest BCUT2D eigenvalue weighted by molar-refractivity contribution is 6.29. The zero-order valence-electron chi connectivity index (χ0n) is 10.3. The van der Waals surface area contributed by atoms with E-state index in [4.69, 9.17) is 16.3 Å². The number of anilines is 1. The average molecular weight is 256 g/mol. The van der Waals surface area contributed by atoms with Crippen LogP contribution in [0.2, 0.25) is 5.15 Å². The van der Waals surface area contributed by atoms with Crippen molar-refractivity contribution in [1.29, 1.82) is 0 Å². The molecule has 2 atom stereocenters. The summed E-state index contributed by atoms with van der Waals surface area (Å²) in [4.78, 5) is 10.4. The average Bonchev–Trinajstić information content (AvgIpc) is 2.68. The van der Waals surface area contributed by atoms with Crippen LogP contribution >= 0.6 is 11.6 Å². The Hall–Kier alpha value is -0.870. The molecule has 0 spiro atoms. The maximum Gasteiger partial charge on any atom is 0.134 e. The molecule has 1 aromatic heterocycles. The summed E-state index contributed by atoms with van der Waals surface area (Å²) in [6.45, 7) is 7.88. The van der Waals surface area contributed by atoms with Gasteiger partial charge >= 0.3 is 0 Å². The van der Waals surface area contributed by atoms with Crippen LogP contribution in [0, 0.1) is 11.8 Å². The van der Waals surface area contributed by atoms with Crippen LogP contribution < -0.4 is 4.90 Å². The van der Waals surface area contributed by atoms with Gasteiger partial charge in [-0.3, -0.25) is 0 Å². The van der Waals surface area contributed by atoms with E-state index in [1.54, 1.807) is 0 Å².